The van der Waals surface area contributed by atoms with Crippen LogP contribution in [0.25, 0.3) is 0 Å². The van der Waals surface area contributed by atoms with E-state index in [1.54, 1.807) is 0 Å². The van der Waals surface area contributed by atoms with Crippen molar-refractivity contribution in [2.75, 3.05) is 6.61 Å². The summed E-state index contributed by atoms with van der Waals surface area (Å²) in [6.07, 6.45) is 1.93. The molecule has 0 heterocycles. The van der Waals surface area contributed by atoms with Crippen molar-refractivity contribution in [3.63, 3.8) is 0 Å². The minimum absolute atomic E-state index is 0.120. The first-order valence-electron chi connectivity index (χ1n) is 5.16. The third-order valence-electron chi connectivity index (χ3n) is 2.82. The second kappa shape index (κ2) is 4.58. The average molecular weight is 192 g/mol. The molecule has 0 saturated heterocycles. The molecule has 0 bridgehead atoms. The number of aliphatic hydroxyl groups excluding tert-OH is 1. The molecule has 2 heteroatoms. The van der Waals surface area contributed by atoms with Crippen molar-refractivity contribution in [3.05, 3.63) is 35.9 Å². The van der Waals surface area contributed by atoms with E-state index in [0.717, 1.165) is 12.8 Å². The molecule has 0 unspecified atom stereocenters. The molecular formula is C12H16O2. The fourth-order valence-corrected chi connectivity index (χ4v) is 1.65. The number of ether oxygens (including phenoxy) is 1. The average Bonchev–Trinajstić information content (AvgIpc) is 2.24. The van der Waals surface area contributed by atoms with Crippen LogP contribution < -0.4 is 0 Å². The second-order valence-corrected chi connectivity index (χ2v) is 3.91. The van der Waals surface area contributed by atoms with Gasteiger partial charge in [0.15, 0.2) is 0 Å². The highest BCUT2D eigenvalue weighted by molar-refractivity contribution is 5.13. The summed E-state index contributed by atoms with van der Waals surface area (Å²) in [5, 5.41) is 9.32. The molecule has 0 amide bonds. The van der Waals surface area contributed by atoms with Crippen LogP contribution in [0.5, 0.6) is 0 Å². The van der Waals surface area contributed by atoms with Crippen molar-refractivity contribution in [2.45, 2.75) is 25.6 Å². The summed E-state index contributed by atoms with van der Waals surface area (Å²) in [7, 11) is 0. The Labute approximate surface area is 84.5 Å². The zero-order valence-corrected chi connectivity index (χ0v) is 8.23. The maximum atomic E-state index is 9.32. The Balaban J connectivity index is 1.68. The van der Waals surface area contributed by atoms with Crippen molar-refractivity contribution in [2.24, 2.45) is 5.92 Å². The normalized spacial score (nSPS) is 25.8. The third-order valence-corrected chi connectivity index (χ3v) is 2.82. The predicted octanol–water partition coefficient (Wildman–Crippen LogP) is 1.97. The molecule has 14 heavy (non-hydrogen) atoms. The van der Waals surface area contributed by atoms with Crippen molar-refractivity contribution in [3.8, 4) is 0 Å². The van der Waals surface area contributed by atoms with Gasteiger partial charge in [-0.1, -0.05) is 30.3 Å². The SMILES string of the molecule is O[C@@H]1CC[C@H]1COCc1ccccc1. The highest BCUT2D eigenvalue weighted by Gasteiger charge is 2.28. The number of hydrogen-bond acceptors (Lipinski definition) is 2. The first-order chi connectivity index (χ1) is 6.86. The largest absolute Gasteiger partial charge is 0.393 e. The van der Waals surface area contributed by atoms with E-state index in [1.165, 1.54) is 5.56 Å². The molecular weight excluding hydrogens is 176 g/mol. The summed E-state index contributed by atoms with van der Waals surface area (Å²) in [4.78, 5) is 0. The lowest BCUT2D eigenvalue weighted by molar-refractivity contribution is -0.0354. The van der Waals surface area contributed by atoms with Crippen molar-refractivity contribution in [1.29, 1.82) is 0 Å². The molecule has 0 aromatic heterocycles. The smallest absolute Gasteiger partial charge is 0.0717 e. The third kappa shape index (κ3) is 2.34. The van der Waals surface area contributed by atoms with Gasteiger partial charge >= 0.3 is 0 Å². The van der Waals surface area contributed by atoms with Crippen LogP contribution in [0, 0.1) is 5.92 Å². The van der Waals surface area contributed by atoms with Gasteiger partial charge in [-0.15, -0.1) is 0 Å². The van der Waals surface area contributed by atoms with E-state index in [1.807, 2.05) is 18.2 Å². The van der Waals surface area contributed by atoms with E-state index < -0.39 is 0 Å². The zero-order valence-electron chi connectivity index (χ0n) is 8.23. The van der Waals surface area contributed by atoms with E-state index >= 15 is 0 Å². The first kappa shape index (κ1) is 9.69. The van der Waals surface area contributed by atoms with E-state index in [-0.39, 0.29) is 6.10 Å². The van der Waals surface area contributed by atoms with Crippen LogP contribution in [0.3, 0.4) is 0 Å². The van der Waals surface area contributed by atoms with Crippen molar-refractivity contribution in [1.82, 2.24) is 0 Å². The monoisotopic (exact) mass is 192 g/mol. The fraction of sp³-hybridized carbons (Fsp3) is 0.500. The van der Waals surface area contributed by atoms with Crippen LogP contribution in [0.2, 0.25) is 0 Å². The number of benzene rings is 1. The molecule has 2 rings (SSSR count). The van der Waals surface area contributed by atoms with Crippen LogP contribution in [-0.2, 0) is 11.3 Å². The molecule has 1 aliphatic rings. The Kier molecular flexibility index (Phi) is 3.17. The van der Waals surface area contributed by atoms with Gasteiger partial charge < -0.3 is 9.84 Å². The summed E-state index contributed by atoms with van der Waals surface area (Å²) in [6, 6.07) is 10.1. The first-order valence-corrected chi connectivity index (χ1v) is 5.16. The quantitative estimate of drug-likeness (QED) is 0.790. The summed E-state index contributed by atoms with van der Waals surface area (Å²) in [5.74, 6) is 0.374. The van der Waals surface area contributed by atoms with Crippen LogP contribution in [-0.4, -0.2) is 17.8 Å². The Morgan fingerprint density at radius 2 is 2.00 bits per heavy atom. The standard InChI is InChI=1S/C12H16O2/c13-12-7-6-11(12)9-14-8-10-4-2-1-3-5-10/h1-5,11-13H,6-9H2/t11-,12+/m0/s1. The van der Waals surface area contributed by atoms with E-state index in [4.69, 9.17) is 4.74 Å². The summed E-state index contributed by atoms with van der Waals surface area (Å²) < 4.78 is 5.53. The van der Waals surface area contributed by atoms with Gasteiger partial charge in [0.25, 0.3) is 0 Å². The van der Waals surface area contributed by atoms with Gasteiger partial charge in [0.05, 0.1) is 19.3 Å². The minimum Gasteiger partial charge on any atom is -0.393 e. The maximum Gasteiger partial charge on any atom is 0.0717 e. The van der Waals surface area contributed by atoms with Crippen LogP contribution in [0.4, 0.5) is 0 Å². The van der Waals surface area contributed by atoms with Crippen molar-refractivity contribution >= 4 is 0 Å². The van der Waals surface area contributed by atoms with E-state index in [0.29, 0.717) is 19.1 Å². The minimum atomic E-state index is -0.120. The van der Waals surface area contributed by atoms with Gasteiger partial charge in [-0.05, 0) is 18.4 Å². The molecule has 1 saturated carbocycles. The lowest BCUT2D eigenvalue weighted by atomic mass is 9.83. The molecule has 1 N–H and O–H groups in total. The van der Waals surface area contributed by atoms with Crippen molar-refractivity contribution < 1.29 is 9.84 Å². The highest BCUT2D eigenvalue weighted by Crippen LogP contribution is 2.27. The lowest BCUT2D eigenvalue weighted by Crippen LogP contribution is -2.34. The maximum absolute atomic E-state index is 9.32. The van der Waals surface area contributed by atoms with Crippen LogP contribution in [0.15, 0.2) is 30.3 Å². The zero-order chi connectivity index (χ0) is 9.80. The number of hydrogen-bond donors (Lipinski definition) is 1. The molecule has 2 atom stereocenters. The molecule has 1 fully saturated rings. The Bertz CT molecular complexity index is 271. The molecule has 1 aromatic carbocycles. The second-order valence-electron chi connectivity index (χ2n) is 3.91. The van der Waals surface area contributed by atoms with Gasteiger partial charge in [0.2, 0.25) is 0 Å². The van der Waals surface area contributed by atoms with Gasteiger partial charge in [-0.3, -0.25) is 0 Å². The Morgan fingerprint density at radius 3 is 2.57 bits per heavy atom. The molecule has 0 spiro atoms. The van der Waals surface area contributed by atoms with Gasteiger partial charge in [-0.25, -0.2) is 0 Å². The van der Waals surface area contributed by atoms with Gasteiger partial charge in [0.1, 0.15) is 0 Å². The van der Waals surface area contributed by atoms with Crippen LogP contribution >= 0.6 is 0 Å². The summed E-state index contributed by atoms with van der Waals surface area (Å²) in [5.41, 5.74) is 1.20. The molecule has 0 aliphatic heterocycles. The van der Waals surface area contributed by atoms with Gasteiger partial charge in [0, 0.05) is 5.92 Å². The van der Waals surface area contributed by atoms with E-state index in [9.17, 15) is 5.11 Å². The summed E-state index contributed by atoms with van der Waals surface area (Å²) in [6.45, 7) is 1.35. The fourth-order valence-electron chi connectivity index (χ4n) is 1.65. The lowest BCUT2D eigenvalue weighted by Gasteiger charge is -2.31. The Morgan fingerprint density at radius 1 is 1.21 bits per heavy atom. The van der Waals surface area contributed by atoms with Gasteiger partial charge in [-0.2, -0.15) is 0 Å². The summed E-state index contributed by atoms with van der Waals surface area (Å²) >= 11 is 0. The highest BCUT2D eigenvalue weighted by atomic mass is 16.5. The molecule has 0 radical (unpaired) electrons. The number of rotatable bonds is 4. The molecule has 1 aromatic rings. The van der Waals surface area contributed by atoms with E-state index in [2.05, 4.69) is 12.1 Å². The molecule has 76 valence electrons. The molecule has 2 nitrogen and oxygen atoms in total. The topological polar surface area (TPSA) is 29.5 Å². The Hall–Kier alpha value is -0.860. The number of aliphatic hydroxyl groups is 1. The van der Waals surface area contributed by atoms with Crippen LogP contribution in [0.1, 0.15) is 18.4 Å². The predicted molar refractivity (Wildman–Crippen MR) is 54.8 cm³/mol. The molecule has 1 aliphatic carbocycles.